The van der Waals surface area contributed by atoms with Gasteiger partial charge in [0.25, 0.3) is 5.91 Å². The molecule has 0 saturated carbocycles. The maximum Gasteiger partial charge on any atom is 0.263 e. The van der Waals surface area contributed by atoms with E-state index in [4.69, 9.17) is 27.9 Å². The lowest BCUT2D eigenvalue weighted by Gasteiger charge is -2.31. The minimum Gasteiger partial charge on any atom is -0.479 e. The second kappa shape index (κ2) is 6.81. The Morgan fingerprint density at radius 3 is 2.65 bits per heavy atom. The molecule has 3 rings (SSSR count). The molecule has 0 bridgehead atoms. The summed E-state index contributed by atoms with van der Waals surface area (Å²) in [5.74, 6) is 0.430. The van der Waals surface area contributed by atoms with Crippen molar-refractivity contribution in [3.63, 3.8) is 0 Å². The third-order valence-corrected chi connectivity index (χ3v) is 4.52. The van der Waals surface area contributed by atoms with Crippen molar-refractivity contribution in [3.05, 3.63) is 63.6 Å². The Hall–Kier alpha value is -1.71. The number of amides is 1. The number of carbonyl (C=O) groups is 1. The largest absolute Gasteiger partial charge is 0.479 e. The number of ether oxygens (including phenoxy) is 1. The van der Waals surface area contributed by atoms with Gasteiger partial charge in [-0.1, -0.05) is 47.5 Å². The Kier molecular flexibility index (Phi) is 4.79. The standard InChI is InChI=1S/C18H17Cl2NO2/c1-12(23-17-7-6-15(19)10-16(17)20)18(22)21-9-8-13-4-2-3-5-14(13)11-21/h2-7,10,12H,8-9,11H2,1H3/t12-/m1/s1. The van der Waals surface area contributed by atoms with Crippen LogP contribution in [0.4, 0.5) is 0 Å². The molecule has 0 aliphatic carbocycles. The molecule has 0 spiro atoms. The molecule has 2 aromatic rings. The molecule has 1 atom stereocenters. The highest BCUT2D eigenvalue weighted by atomic mass is 35.5. The topological polar surface area (TPSA) is 29.5 Å². The molecule has 3 nitrogen and oxygen atoms in total. The number of benzene rings is 2. The van der Waals surface area contributed by atoms with E-state index in [9.17, 15) is 4.79 Å². The van der Waals surface area contributed by atoms with Crippen LogP contribution in [0.2, 0.25) is 10.0 Å². The van der Waals surface area contributed by atoms with E-state index in [1.165, 1.54) is 11.1 Å². The van der Waals surface area contributed by atoms with E-state index in [1.54, 1.807) is 25.1 Å². The first kappa shape index (κ1) is 16.2. The normalized spacial score (nSPS) is 15.0. The Labute approximate surface area is 145 Å². The molecule has 1 amide bonds. The van der Waals surface area contributed by atoms with Crippen molar-refractivity contribution in [2.45, 2.75) is 26.0 Å². The van der Waals surface area contributed by atoms with Crippen LogP contribution in [0.3, 0.4) is 0 Å². The zero-order chi connectivity index (χ0) is 16.4. The summed E-state index contributed by atoms with van der Waals surface area (Å²) in [5, 5.41) is 0.940. The summed E-state index contributed by atoms with van der Waals surface area (Å²) >= 11 is 12.0. The van der Waals surface area contributed by atoms with E-state index >= 15 is 0 Å². The van der Waals surface area contributed by atoms with Crippen molar-refractivity contribution in [3.8, 4) is 5.75 Å². The number of halogens is 2. The van der Waals surface area contributed by atoms with Gasteiger partial charge in [-0.2, -0.15) is 0 Å². The molecular weight excluding hydrogens is 333 g/mol. The second-order valence-corrected chi connectivity index (χ2v) is 6.46. The smallest absolute Gasteiger partial charge is 0.263 e. The van der Waals surface area contributed by atoms with Crippen molar-refractivity contribution in [2.24, 2.45) is 0 Å². The molecule has 0 fully saturated rings. The average Bonchev–Trinajstić information content (AvgIpc) is 2.56. The summed E-state index contributed by atoms with van der Waals surface area (Å²) in [6.07, 6.45) is 0.273. The zero-order valence-corrected chi connectivity index (χ0v) is 14.3. The van der Waals surface area contributed by atoms with Crippen molar-refractivity contribution in [2.75, 3.05) is 6.54 Å². The van der Waals surface area contributed by atoms with Gasteiger partial charge in [0.15, 0.2) is 6.10 Å². The van der Waals surface area contributed by atoms with E-state index in [1.807, 2.05) is 17.0 Å². The minimum atomic E-state index is -0.598. The van der Waals surface area contributed by atoms with Gasteiger partial charge in [-0.25, -0.2) is 0 Å². The van der Waals surface area contributed by atoms with E-state index in [0.717, 1.165) is 6.42 Å². The summed E-state index contributed by atoms with van der Waals surface area (Å²) < 4.78 is 5.72. The molecule has 0 saturated heterocycles. The van der Waals surface area contributed by atoms with Gasteiger partial charge in [0.1, 0.15) is 5.75 Å². The summed E-state index contributed by atoms with van der Waals surface area (Å²) in [5.41, 5.74) is 2.51. The maximum atomic E-state index is 12.6. The summed E-state index contributed by atoms with van der Waals surface area (Å²) in [6, 6.07) is 13.2. The fraction of sp³-hybridized carbons (Fsp3) is 0.278. The number of hydrogen-bond acceptors (Lipinski definition) is 2. The highest BCUT2D eigenvalue weighted by molar-refractivity contribution is 6.35. The Bertz CT molecular complexity index is 733. The third kappa shape index (κ3) is 3.62. The Balaban J connectivity index is 1.68. The lowest BCUT2D eigenvalue weighted by Crippen LogP contribution is -2.43. The van der Waals surface area contributed by atoms with Crippen LogP contribution in [0.25, 0.3) is 0 Å². The molecule has 1 aliphatic rings. The molecule has 0 unspecified atom stereocenters. The lowest BCUT2D eigenvalue weighted by molar-refractivity contribution is -0.138. The van der Waals surface area contributed by atoms with Crippen molar-refractivity contribution < 1.29 is 9.53 Å². The van der Waals surface area contributed by atoms with Crippen LogP contribution in [0.5, 0.6) is 5.75 Å². The van der Waals surface area contributed by atoms with Crippen LogP contribution in [-0.2, 0) is 17.8 Å². The molecule has 120 valence electrons. The quantitative estimate of drug-likeness (QED) is 0.824. The first-order chi connectivity index (χ1) is 11.0. The molecule has 1 aliphatic heterocycles. The molecule has 5 heteroatoms. The van der Waals surface area contributed by atoms with Gasteiger partial charge < -0.3 is 9.64 Å². The second-order valence-electron chi connectivity index (χ2n) is 5.61. The highest BCUT2D eigenvalue weighted by Crippen LogP contribution is 2.29. The summed E-state index contributed by atoms with van der Waals surface area (Å²) in [6.45, 7) is 3.07. The van der Waals surface area contributed by atoms with Gasteiger partial charge in [-0.15, -0.1) is 0 Å². The van der Waals surface area contributed by atoms with E-state index in [-0.39, 0.29) is 5.91 Å². The van der Waals surface area contributed by atoms with Gasteiger partial charge in [0, 0.05) is 18.1 Å². The molecule has 23 heavy (non-hydrogen) atoms. The van der Waals surface area contributed by atoms with Crippen LogP contribution in [-0.4, -0.2) is 23.5 Å². The van der Waals surface area contributed by atoms with Crippen molar-refractivity contribution >= 4 is 29.1 Å². The predicted molar refractivity (Wildman–Crippen MR) is 92.1 cm³/mol. The molecule has 0 radical (unpaired) electrons. The molecule has 2 aromatic carbocycles. The van der Waals surface area contributed by atoms with E-state index in [2.05, 4.69) is 12.1 Å². The van der Waals surface area contributed by atoms with Gasteiger partial charge in [0.05, 0.1) is 5.02 Å². The van der Waals surface area contributed by atoms with E-state index in [0.29, 0.717) is 28.9 Å². The van der Waals surface area contributed by atoms with Gasteiger partial charge in [0.2, 0.25) is 0 Å². The monoisotopic (exact) mass is 349 g/mol. The third-order valence-electron chi connectivity index (χ3n) is 3.99. The number of fused-ring (bicyclic) bond motifs is 1. The number of nitrogens with zero attached hydrogens (tertiary/aromatic N) is 1. The number of hydrogen-bond donors (Lipinski definition) is 0. The van der Waals surface area contributed by atoms with Crippen LogP contribution in [0.1, 0.15) is 18.1 Å². The van der Waals surface area contributed by atoms with E-state index < -0.39 is 6.10 Å². The first-order valence-electron chi connectivity index (χ1n) is 7.52. The van der Waals surface area contributed by atoms with Gasteiger partial charge in [-0.05, 0) is 42.7 Å². The predicted octanol–water partition coefficient (Wildman–Crippen LogP) is 4.35. The molecular formula is C18H17Cl2NO2. The fourth-order valence-corrected chi connectivity index (χ4v) is 3.21. The van der Waals surface area contributed by atoms with Crippen molar-refractivity contribution in [1.29, 1.82) is 0 Å². The zero-order valence-electron chi connectivity index (χ0n) is 12.8. The number of carbonyl (C=O) groups excluding carboxylic acids is 1. The van der Waals surface area contributed by atoms with Crippen LogP contribution in [0, 0.1) is 0 Å². The van der Waals surface area contributed by atoms with Crippen molar-refractivity contribution in [1.82, 2.24) is 4.90 Å². The highest BCUT2D eigenvalue weighted by Gasteiger charge is 2.26. The molecule has 0 aromatic heterocycles. The number of rotatable bonds is 3. The molecule has 0 N–H and O–H groups in total. The van der Waals surface area contributed by atoms with Gasteiger partial charge >= 0.3 is 0 Å². The lowest BCUT2D eigenvalue weighted by atomic mass is 9.99. The Morgan fingerprint density at radius 1 is 1.17 bits per heavy atom. The van der Waals surface area contributed by atoms with Crippen LogP contribution >= 0.6 is 23.2 Å². The average molecular weight is 350 g/mol. The maximum absolute atomic E-state index is 12.6. The Morgan fingerprint density at radius 2 is 1.91 bits per heavy atom. The first-order valence-corrected chi connectivity index (χ1v) is 8.27. The SMILES string of the molecule is C[C@@H](Oc1ccc(Cl)cc1Cl)C(=O)N1CCc2ccccc2C1. The van der Waals surface area contributed by atoms with Crippen LogP contribution < -0.4 is 4.74 Å². The minimum absolute atomic E-state index is 0.0366. The summed E-state index contributed by atoms with van der Waals surface area (Å²) in [7, 11) is 0. The summed E-state index contributed by atoms with van der Waals surface area (Å²) in [4.78, 5) is 14.5. The fourth-order valence-electron chi connectivity index (χ4n) is 2.75. The van der Waals surface area contributed by atoms with Crippen LogP contribution in [0.15, 0.2) is 42.5 Å². The molecule has 1 heterocycles. The van der Waals surface area contributed by atoms with Gasteiger partial charge in [-0.3, -0.25) is 4.79 Å².